The highest BCUT2D eigenvalue weighted by atomic mass is 32.2. The fourth-order valence-electron chi connectivity index (χ4n) is 2.83. The minimum atomic E-state index is -3.39. The van der Waals surface area contributed by atoms with Gasteiger partial charge in [0.15, 0.2) is 15.9 Å². The van der Waals surface area contributed by atoms with Gasteiger partial charge >= 0.3 is 5.97 Å². The number of amides is 1. The van der Waals surface area contributed by atoms with Gasteiger partial charge in [-0.05, 0) is 29.7 Å². The number of hydrogen-bond acceptors (Lipinski definition) is 5. The van der Waals surface area contributed by atoms with Crippen molar-refractivity contribution in [3.05, 3.63) is 52.4 Å². The molecule has 0 spiro atoms. The number of carbonyl (C=O) groups is 2. The summed E-state index contributed by atoms with van der Waals surface area (Å²) in [6.07, 6.45) is 1.64. The number of nitrogens with zero attached hydrogens (tertiary/aromatic N) is 1. The Morgan fingerprint density at radius 2 is 1.92 bits per heavy atom. The van der Waals surface area contributed by atoms with Crippen molar-refractivity contribution in [1.29, 1.82) is 0 Å². The van der Waals surface area contributed by atoms with Gasteiger partial charge in [0.25, 0.3) is 5.91 Å². The van der Waals surface area contributed by atoms with E-state index in [-0.39, 0.29) is 15.6 Å². The van der Waals surface area contributed by atoms with Crippen LogP contribution in [0.15, 0.2) is 40.6 Å². The molecule has 2 aromatic rings. The summed E-state index contributed by atoms with van der Waals surface area (Å²) < 4.78 is 23.2. The van der Waals surface area contributed by atoms with Crippen LogP contribution >= 0.6 is 11.3 Å². The number of carboxylic acid groups (broad SMARTS) is 1. The molecule has 0 saturated heterocycles. The Labute approximate surface area is 143 Å². The fourth-order valence-corrected chi connectivity index (χ4v) is 4.71. The normalized spacial score (nSPS) is 17.4. The molecule has 1 aromatic heterocycles. The molecule has 0 bridgehead atoms. The van der Waals surface area contributed by atoms with Crippen LogP contribution in [0.4, 0.5) is 0 Å². The quantitative estimate of drug-likeness (QED) is 0.898. The van der Waals surface area contributed by atoms with E-state index < -0.39 is 27.8 Å². The van der Waals surface area contributed by atoms with Gasteiger partial charge < -0.3 is 10.0 Å². The number of hydrogen-bond donors (Lipinski definition) is 1. The van der Waals surface area contributed by atoms with Gasteiger partial charge in [-0.2, -0.15) is 0 Å². The predicted octanol–water partition coefficient (Wildman–Crippen LogP) is 1.98. The Balaban J connectivity index is 1.98. The summed E-state index contributed by atoms with van der Waals surface area (Å²) in [4.78, 5) is 26.0. The SMILES string of the molecule is CS(=O)(=O)c1ccc(C(=O)N2CCc3ccccc3C2C(=O)O)s1. The molecule has 1 aliphatic rings. The van der Waals surface area contributed by atoms with Crippen LogP contribution in [-0.2, 0) is 21.1 Å². The van der Waals surface area contributed by atoms with E-state index >= 15 is 0 Å². The summed E-state index contributed by atoms with van der Waals surface area (Å²) in [5.74, 6) is -1.56. The first kappa shape index (κ1) is 16.7. The first-order valence-electron chi connectivity index (χ1n) is 7.20. The van der Waals surface area contributed by atoms with Gasteiger partial charge in [-0.3, -0.25) is 4.79 Å². The molecule has 1 unspecified atom stereocenters. The monoisotopic (exact) mass is 365 g/mol. The first-order valence-corrected chi connectivity index (χ1v) is 9.91. The number of fused-ring (bicyclic) bond motifs is 1. The maximum Gasteiger partial charge on any atom is 0.331 e. The fraction of sp³-hybridized carbons (Fsp3) is 0.250. The third kappa shape index (κ3) is 2.94. The molecule has 1 N–H and O–H groups in total. The van der Waals surface area contributed by atoms with Gasteiger partial charge in [-0.1, -0.05) is 24.3 Å². The number of sulfone groups is 1. The first-order chi connectivity index (χ1) is 11.3. The molecule has 1 atom stereocenters. The maximum absolute atomic E-state index is 12.7. The summed E-state index contributed by atoms with van der Waals surface area (Å²) in [7, 11) is -3.39. The standard InChI is InChI=1S/C16H15NO5S2/c1-24(21,22)13-7-6-12(23-13)15(18)17-9-8-10-4-2-3-5-11(10)14(17)16(19)20/h2-7,14H,8-9H2,1H3,(H,19,20). The van der Waals surface area contributed by atoms with Gasteiger partial charge in [0.05, 0.1) is 4.88 Å². The summed E-state index contributed by atoms with van der Waals surface area (Å²) in [6, 6.07) is 8.90. The summed E-state index contributed by atoms with van der Waals surface area (Å²) in [6.45, 7) is 0.277. The molecular weight excluding hydrogens is 350 g/mol. The number of rotatable bonds is 3. The van der Waals surface area contributed by atoms with Crippen molar-refractivity contribution < 1.29 is 23.1 Å². The Morgan fingerprint density at radius 1 is 1.21 bits per heavy atom. The smallest absolute Gasteiger partial charge is 0.331 e. The molecule has 1 aromatic carbocycles. The second-order valence-electron chi connectivity index (χ2n) is 5.58. The van der Waals surface area contributed by atoms with E-state index in [9.17, 15) is 23.1 Å². The zero-order valence-corrected chi connectivity index (χ0v) is 14.4. The Morgan fingerprint density at radius 3 is 2.54 bits per heavy atom. The second-order valence-corrected chi connectivity index (χ2v) is 8.91. The van der Waals surface area contributed by atoms with E-state index in [4.69, 9.17) is 0 Å². The van der Waals surface area contributed by atoms with Crippen LogP contribution in [0.1, 0.15) is 26.8 Å². The highest BCUT2D eigenvalue weighted by molar-refractivity contribution is 7.92. The average molecular weight is 365 g/mol. The van der Waals surface area contributed by atoms with Crippen molar-refractivity contribution >= 4 is 33.1 Å². The zero-order chi connectivity index (χ0) is 17.5. The highest BCUT2D eigenvalue weighted by Gasteiger charge is 2.36. The second kappa shape index (κ2) is 6.03. The minimum absolute atomic E-state index is 0.0927. The molecule has 1 aliphatic heterocycles. The zero-order valence-electron chi connectivity index (χ0n) is 12.8. The van der Waals surface area contributed by atoms with Crippen molar-refractivity contribution in [3.8, 4) is 0 Å². The van der Waals surface area contributed by atoms with Gasteiger partial charge in [0.2, 0.25) is 0 Å². The molecule has 8 heteroatoms. The summed E-state index contributed by atoms with van der Waals surface area (Å²) >= 11 is 0.865. The Kier molecular flexibility index (Phi) is 4.18. The minimum Gasteiger partial charge on any atom is -0.479 e. The number of thiophene rings is 1. The van der Waals surface area contributed by atoms with E-state index in [0.717, 1.165) is 23.2 Å². The van der Waals surface area contributed by atoms with Crippen LogP contribution in [0.3, 0.4) is 0 Å². The lowest BCUT2D eigenvalue weighted by molar-refractivity contribution is -0.143. The third-order valence-corrected chi connectivity index (χ3v) is 6.83. The van der Waals surface area contributed by atoms with Crippen molar-refractivity contribution in [2.75, 3.05) is 12.8 Å². The van der Waals surface area contributed by atoms with E-state index in [2.05, 4.69) is 0 Å². The lowest BCUT2D eigenvalue weighted by Gasteiger charge is -2.34. The summed E-state index contributed by atoms with van der Waals surface area (Å²) in [5, 5.41) is 9.60. The molecule has 3 rings (SSSR count). The molecule has 0 fully saturated rings. The lowest BCUT2D eigenvalue weighted by atomic mass is 9.92. The largest absolute Gasteiger partial charge is 0.479 e. The molecule has 126 valence electrons. The van der Waals surface area contributed by atoms with Gasteiger partial charge in [0, 0.05) is 12.8 Å². The molecule has 0 radical (unpaired) electrons. The van der Waals surface area contributed by atoms with Crippen LogP contribution in [0.25, 0.3) is 0 Å². The molecule has 6 nitrogen and oxygen atoms in total. The Hall–Kier alpha value is -2.19. The van der Waals surface area contributed by atoms with E-state index in [0.29, 0.717) is 12.0 Å². The molecule has 2 heterocycles. The maximum atomic E-state index is 12.7. The molecule has 1 amide bonds. The molecule has 0 aliphatic carbocycles. The predicted molar refractivity (Wildman–Crippen MR) is 89.0 cm³/mol. The number of carbonyl (C=O) groups excluding carboxylic acids is 1. The number of aliphatic carboxylic acids is 1. The van der Waals surface area contributed by atoms with Crippen LogP contribution in [-0.4, -0.2) is 43.1 Å². The number of benzene rings is 1. The third-order valence-electron chi connectivity index (χ3n) is 3.94. The van der Waals surface area contributed by atoms with Crippen LogP contribution < -0.4 is 0 Å². The number of carboxylic acids is 1. The van der Waals surface area contributed by atoms with Crippen molar-refractivity contribution in [3.63, 3.8) is 0 Å². The van der Waals surface area contributed by atoms with Crippen LogP contribution in [0.2, 0.25) is 0 Å². The van der Waals surface area contributed by atoms with Crippen molar-refractivity contribution in [2.24, 2.45) is 0 Å². The van der Waals surface area contributed by atoms with Gasteiger partial charge in [-0.25, -0.2) is 13.2 Å². The van der Waals surface area contributed by atoms with Crippen LogP contribution in [0.5, 0.6) is 0 Å². The highest BCUT2D eigenvalue weighted by Crippen LogP contribution is 2.32. The topological polar surface area (TPSA) is 91.8 Å². The lowest BCUT2D eigenvalue weighted by Crippen LogP contribution is -2.43. The molecule has 24 heavy (non-hydrogen) atoms. The Bertz CT molecular complexity index is 916. The van der Waals surface area contributed by atoms with Crippen molar-refractivity contribution in [2.45, 2.75) is 16.7 Å². The van der Waals surface area contributed by atoms with Crippen LogP contribution in [0, 0.1) is 0 Å². The van der Waals surface area contributed by atoms with E-state index in [1.165, 1.54) is 17.0 Å². The van der Waals surface area contributed by atoms with Crippen molar-refractivity contribution in [1.82, 2.24) is 4.90 Å². The van der Waals surface area contributed by atoms with E-state index in [1.54, 1.807) is 12.1 Å². The molecule has 0 saturated carbocycles. The summed E-state index contributed by atoms with van der Waals surface area (Å²) in [5.41, 5.74) is 1.52. The van der Waals surface area contributed by atoms with Gasteiger partial charge in [-0.15, -0.1) is 11.3 Å². The average Bonchev–Trinajstić information content (AvgIpc) is 3.03. The van der Waals surface area contributed by atoms with Gasteiger partial charge in [0.1, 0.15) is 4.21 Å². The molecular formula is C16H15NO5S2. The van der Waals surface area contributed by atoms with E-state index in [1.807, 2.05) is 12.1 Å².